The second-order valence-corrected chi connectivity index (χ2v) is 6.94. The van der Waals surface area contributed by atoms with Gasteiger partial charge in [0.1, 0.15) is 0 Å². The number of likely N-dealkylation sites (tertiary alicyclic amines) is 1. The molecule has 0 saturated carbocycles. The summed E-state index contributed by atoms with van der Waals surface area (Å²) in [6, 6.07) is 2.06. The minimum Gasteiger partial charge on any atom is -0.338 e. The van der Waals surface area contributed by atoms with Crippen LogP contribution in [0, 0.1) is 5.92 Å². The van der Waals surface area contributed by atoms with E-state index in [1.165, 1.54) is 0 Å². The number of hydrogen-bond donors (Lipinski definition) is 1. The van der Waals surface area contributed by atoms with Crippen molar-refractivity contribution in [3.8, 4) is 0 Å². The van der Waals surface area contributed by atoms with Crippen LogP contribution in [0.25, 0.3) is 0 Å². The van der Waals surface area contributed by atoms with Crippen LogP contribution in [-0.4, -0.2) is 29.9 Å². The second kappa shape index (κ2) is 6.89. The lowest BCUT2D eigenvalue weighted by Crippen LogP contribution is -2.44. The summed E-state index contributed by atoms with van der Waals surface area (Å²) in [6.07, 6.45) is 2.19. The Hall–Kier alpha value is -0.100. The fourth-order valence-electron chi connectivity index (χ4n) is 2.23. The first-order valence-electron chi connectivity index (χ1n) is 5.87. The fraction of sp³-hybridized carbons (Fsp3) is 0.583. The van der Waals surface area contributed by atoms with Crippen molar-refractivity contribution in [3.63, 3.8) is 0 Å². The normalized spacial score (nSPS) is 21.3. The summed E-state index contributed by atoms with van der Waals surface area (Å²) in [5.41, 5.74) is 6.71. The molecule has 0 bridgehead atoms. The molecule has 1 aromatic rings. The van der Waals surface area contributed by atoms with Crippen LogP contribution in [0.3, 0.4) is 0 Å². The predicted octanol–water partition coefficient (Wildman–Crippen LogP) is 3.13. The summed E-state index contributed by atoms with van der Waals surface area (Å²) in [6.45, 7) is 3.68. The van der Waals surface area contributed by atoms with Crippen LogP contribution in [0.2, 0.25) is 0 Å². The molecule has 2 N–H and O–H groups in total. The Morgan fingerprint density at radius 3 is 2.94 bits per heavy atom. The first-order valence-corrected chi connectivity index (χ1v) is 7.54. The van der Waals surface area contributed by atoms with Crippen LogP contribution < -0.4 is 5.73 Å². The third kappa shape index (κ3) is 3.70. The van der Waals surface area contributed by atoms with Crippen molar-refractivity contribution in [3.05, 3.63) is 20.8 Å². The molecule has 1 saturated heterocycles. The van der Waals surface area contributed by atoms with E-state index in [0.29, 0.717) is 5.92 Å². The molecule has 1 fully saturated rings. The van der Waals surface area contributed by atoms with Gasteiger partial charge in [-0.15, -0.1) is 23.7 Å². The largest absolute Gasteiger partial charge is 0.338 e. The number of amides is 1. The van der Waals surface area contributed by atoms with Gasteiger partial charge in [-0.25, -0.2) is 0 Å². The minimum absolute atomic E-state index is 0. The molecule has 0 aliphatic carbocycles. The van der Waals surface area contributed by atoms with Crippen molar-refractivity contribution in [2.24, 2.45) is 11.7 Å². The maximum absolute atomic E-state index is 12.3. The maximum atomic E-state index is 12.3. The van der Waals surface area contributed by atoms with Crippen molar-refractivity contribution >= 4 is 45.6 Å². The van der Waals surface area contributed by atoms with E-state index in [0.717, 1.165) is 35.3 Å². The zero-order valence-electron chi connectivity index (χ0n) is 10.3. The topological polar surface area (TPSA) is 46.3 Å². The van der Waals surface area contributed by atoms with E-state index >= 15 is 0 Å². The number of hydrogen-bond acceptors (Lipinski definition) is 3. The molecule has 3 nitrogen and oxygen atoms in total. The van der Waals surface area contributed by atoms with E-state index in [4.69, 9.17) is 5.73 Å². The SMILES string of the molecule is CC(N)C1CCCN(C(=O)c2csc(Br)c2)C1.Cl. The van der Waals surface area contributed by atoms with Crippen molar-refractivity contribution < 1.29 is 4.79 Å². The number of nitrogens with two attached hydrogens (primary N) is 1. The number of piperidine rings is 1. The smallest absolute Gasteiger partial charge is 0.254 e. The molecule has 18 heavy (non-hydrogen) atoms. The summed E-state index contributed by atoms with van der Waals surface area (Å²) in [5, 5.41) is 1.90. The molecule has 0 aromatic carbocycles. The highest BCUT2D eigenvalue weighted by molar-refractivity contribution is 9.11. The Morgan fingerprint density at radius 2 is 2.39 bits per heavy atom. The van der Waals surface area contributed by atoms with Crippen LogP contribution in [-0.2, 0) is 0 Å². The molecule has 1 aliphatic heterocycles. The van der Waals surface area contributed by atoms with Crippen LogP contribution >= 0.6 is 39.7 Å². The molecule has 2 rings (SSSR count). The number of thiophene rings is 1. The lowest BCUT2D eigenvalue weighted by Gasteiger charge is -2.34. The van der Waals surface area contributed by atoms with Gasteiger partial charge in [0.05, 0.1) is 9.35 Å². The van der Waals surface area contributed by atoms with Crippen LogP contribution in [0.1, 0.15) is 30.1 Å². The predicted molar refractivity (Wildman–Crippen MR) is 81.5 cm³/mol. The Morgan fingerprint density at radius 1 is 1.67 bits per heavy atom. The molecule has 6 heteroatoms. The van der Waals surface area contributed by atoms with Crippen LogP contribution in [0.5, 0.6) is 0 Å². The van der Waals surface area contributed by atoms with Crippen molar-refractivity contribution in [2.75, 3.05) is 13.1 Å². The number of halogens is 2. The zero-order chi connectivity index (χ0) is 12.4. The molecular weight excluding hydrogens is 336 g/mol. The summed E-state index contributed by atoms with van der Waals surface area (Å²) in [5.74, 6) is 0.576. The average Bonchev–Trinajstić information content (AvgIpc) is 2.75. The van der Waals surface area contributed by atoms with E-state index in [-0.39, 0.29) is 24.4 Å². The van der Waals surface area contributed by atoms with Crippen molar-refractivity contribution in [1.29, 1.82) is 0 Å². The first kappa shape index (κ1) is 16.0. The first-order chi connectivity index (χ1) is 8.08. The molecule has 102 valence electrons. The molecule has 1 aliphatic rings. The number of carbonyl (C=O) groups is 1. The Bertz CT molecular complexity index is 411. The van der Waals surface area contributed by atoms with Gasteiger partial charge in [0.15, 0.2) is 0 Å². The zero-order valence-corrected chi connectivity index (χ0v) is 13.5. The fourth-order valence-corrected chi connectivity index (χ4v) is 3.36. The Labute approximate surface area is 126 Å². The molecule has 0 radical (unpaired) electrons. The third-order valence-corrected chi connectivity index (χ3v) is 4.81. The van der Waals surface area contributed by atoms with Crippen LogP contribution in [0.15, 0.2) is 15.2 Å². The van der Waals surface area contributed by atoms with E-state index in [1.807, 2.05) is 23.3 Å². The highest BCUT2D eigenvalue weighted by atomic mass is 79.9. The second-order valence-electron chi connectivity index (χ2n) is 4.65. The summed E-state index contributed by atoms with van der Waals surface area (Å²) < 4.78 is 1.00. The minimum atomic E-state index is 0. The molecule has 2 atom stereocenters. The molecular formula is C12H18BrClN2OS. The summed E-state index contributed by atoms with van der Waals surface area (Å²) in [4.78, 5) is 14.2. The van der Waals surface area contributed by atoms with E-state index in [1.54, 1.807) is 11.3 Å². The Kier molecular flexibility index (Phi) is 6.11. The maximum Gasteiger partial charge on any atom is 0.254 e. The van der Waals surface area contributed by atoms with E-state index in [2.05, 4.69) is 15.9 Å². The van der Waals surface area contributed by atoms with Gasteiger partial charge >= 0.3 is 0 Å². The van der Waals surface area contributed by atoms with Gasteiger partial charge in [0, 0.05) is 24.5 Å². The molecule has 1 amide bonds. The molecule has 2 unspecified atom stereocenters. The van der Waals surface area contributed by atoms with Crippen molar-refractivity contribution in [1.82, 2.24) is 4.90 Å². The quantitative estimate of drug-likeness (QED) is 0.888. The monoisotopic (exact) mass is 352 g/mol. The van der Waals surface area contributed by atoms with Crippen LogP contribution in [0.4, 0.5) is 0 Å². The van der Waals surface area contributed by atoms with Gasteiger partial charge in [-0.3, -0.25) is 4.79 Å². The van der Waals surface area contributed by atoms with Gasteiger partial charge in [-0.05, 0) is 47.7 Å². The Balaban J connectivity index is 0.00000162. The number of nitrogens with zero attached hydrogens (tertiary/aromatic N) is 1. The van der Waals surface area contributed by atoms with Gasteiger partial charge in [0.25, 0.3) is 5.91 Å². The lowest BCUT2D eigenvalue weighted by atomic mass is 9.92. The lowest BCUT2D eigenvalue weighted by molar-refractivity contribution is 0.0661. The highest BCUT2D eigenvalue weighted by Gasteiger charge is 2.26. The summed E-state index contributed by atoms with van der Waals surface area (Å²) in [7, 11) is 0. The third-order valence-electron chi connectivity index (χ3n) is 3.30. The average molecular weight is 354 g/mol. The van der Waals surface area contributed by atoms with E-state index < -0.39 is 0 Å². The molecule has 2 heterocycles. The number of rotatable bonds is 2. The van der Waals surface area contributed by atoms with Gasteiger partial charge in [-0.2, -0.15) is 0 Å². The van der Waals surface area contributed by atoms with Gasteiger partial charge < -0.3 is 10.6 Å². The van der Waals surface area contributed by atoms with Gasteiger partial charge in [-0.1, -0.05) is 0 Å². The summed E-state index contributed by atoms with van der Waals surface area (Å²) >= 11 is 4.94. The molecule has 0 spiro atoms. The number of carbonyl (C=O) groups excluding carboxylic acids is 1. The molecule has 1 aromatic heterocycles. The van der Waals surface area contributed by atoms with Crippen molar-refractivity contribution in [2.45, 2.75) is 25.8 Å². The van der Waals surface area contributed by atoms with Gasteiger partial charge in [0.2, 0.25) is 0 Å². The van der Waals surface area contributed by atoms with E-state index in [9.17, 15) is 4.79 Å². The highest BCUT2D eigenvalue weighted by Crippen LogP contribution is 2.24. The standard InChI is InChI=1S/C12H17BrN2OS.ClH/c1-8(14)9-3-2-4-15(6-9)12(16)10-5-11(13)17-7-10;/h5,7-9H,2-4,6,14H2,1H3;1H.